The van der Waals surface area contributed by atoms with E-state index in [1.165, 1.54) is 6.07 Å². The van der Waals surface area contributed by atoms with Gasteiger partial charge in [-0.05, 0) is 36.5 Å². The van der Waals surface area contributed by atoms with Crippen molar-refractivity contribution in [2.45, 2.75) is 32.7 Å². The van der Waals surface area contributed by atoms with Gasteiger partial charge in [0.15, 0.2) is 0 Å². The summed E-state index contributed by atoms with van der Waals surface area (Å²) in [6.07, 6.45) is 1.50. The summed E-state index contributed by atoms with van der Waals surface area (Å²) < 4.78 is 13.5. The highest BCUT2D eigenvalue weighted by molar-refractivity contribution is 6.30. The van der Waals surface area contributed by atoms with E-state index in [0.29, 0.717) is 22.9 Å². The van der Waals surface area contributed by atoms with Crippen LogP contribution in [0.15, 0.2) is 18.2 Å². The molecular formula is C12H18ClFN2. The number of halogens is 2. The Morgan fingerprint density at radius 3 is 2.62 bits per heavy atom. The summed E-state index contributed by atoms with van der Waals surface area (Å²) >= 11 is 5.69. The summed E-state index contributed by atoms with van der Waals surface area (Å²) in [5.74, 6) is 5.71. The first kappa shape index (κ1) is 13.4. The van der Waals surface area contributed by atoms with Crippen molar-refractivity contribution in [2.24, 2.45) is 11.8 Å². The summed E-state index contributed by atoms with van der Waals surface area (Å²) in [7, 11) is 0. The molecule has 0 amide bonds. The Kier molecular flexibility index (Phi) is 5.19. The molecular weight excluding hydrogens is 227 g/mol. The van der Waals surface area contributed by atoms with Crippen LogP contribution in [0.4, 0.5) is 4.39 Å². The molecule has 0 radical (unpaired) electrons. The van der Waals surface area contributed by atoms with Crippen molar-refractivity contribution in [1.82, 2.24) is 5.43 Å². The molecule has 0 aliphatic carbocycles. The lowest BCUT2D eigenvalue weighted by Crippen LogP contribution is -2.37. The molecule has 0 aliphatic rings. The van der Waals surface area contributed by atoms with Gasteiger partial charge < -0.3 is 0 Å². The van der Waals surface area contributed by atoms with Gasteiger partial charge in [0.05, 0.1) is 0 Å². The SMILES string of the molecule is CC(C)CC(Cc1ccc(Cl)cc1F)NN. The Bertz CT molecular complexity index is 342. The molecule has 0 saturated heterocycles. The third kappa shape index (κ3) is 4.08. The number of hydrazine groups is 1. The van der Waals surface area contributed by atoms with E-state index in [2.05, 4.69) is 19.3 Å². The van der Waals surface area contributed by atoms with E-state index in [0.717, 1.165) is 6.42 Å². The van der Waals surface area contributed by atoms with E-state index in [-0.39, 0.29) is 11.9 Å². The van der Waals surface area contributed by atoms with Gasteiger partial charge in [0.2, 0.25) is 0 Å². The van der Waals surface area contributed by atoms with Crippen LogP contribution >= 0.6 is 11.6 Å². The Balaban J connectivity index is 2.70. The molecule has 0 aromatic heterocycles. The molecule has 0 fully saturated rings. The largest absolute Gasteiger partial charge is 0.271 e. The summed E-state index contributed by atoms with van der Waals surface area (Å²) in [5, 5.41) is 0.419. The van der Waals surface area contributed by atoms with Crippen LogP contribution in [-0.2, 0) is 6.42 Å². The molecule has 1 aromatic rings. The molecule has 1 aromatic carbocycles. The normalized spacial score (nSPS) is 13.1. The van der Waals surface area contributed by atoms with Crippen LogP contribution in [-0.4, -0.2) is 6.04 Å². The van der Waals surface area contributed by atoms with Crippen molar-refractivity contribution in [2.75, 3.05) is 0 Å². The zero-order chi connectivity index (χ0) is 12.1. The number of hydrogen-bond acceptors (Lipinski definition) is 2. The monoisotopic (exact) mass is 244 g/mol. The third-order valence-corrected chi connectivity index (χ3v) is 2.71. The predicted octanol–water partition coefficient (Wildman–Crippen LogP) is 2.90. The second-order valence-corrected chi connectivity index (χ2v) is 4.87. The van der Waals surface area contributed by atoms with Crippen LogP contribution in [0.2, 0.25) is 5.02 Å². The Morgan fingerprint density at radius 2 is 2.12 bits per heavy atom. The molecule has 1 unspecified atom stereocenters. The molecule has 1 rings (SSSR count). The average molecular weight is 245 g/mol. The van der Waals surface area contributed by atoms with Crippen LogP contribution in [0.25, 0.3) is 0 Å². The van der Waals surface area contributed by atoms with E-state index < -0.39 is 0 Å². The molecule has 0 heterocycles. The van der Waals surface area contributed by atoms with Crippen molar-refractivity contribution in [3.8, 4) is 0 Å². The molecule has 0 saturated carbocycles. The van der Waals surface area contributed by atoms with Crippen LogP contribution in [0, 0.1) is 11.7 Å². The molecule has 0 spiro atoms. The lowest BCUT2D eigenvalue weighted by Gasteiger charge is -2.18. The summed E-state index contributed by atoms with van der Waals surface area (Å²) in [4.78, 5) is 0. The number of benzene rings is 1. The second-order valence-electron chi connectivity index (χ2n) is 4.43. The molecule has 2 nitrogen and oxygen atoms in total. The van der Waals surface area contributed by atoms with Crippen molar-refractivity contribution in [3.63, 3.8) is 0 Å². The molecule has 90 valence electrons. The number of rotatable bonds is 5. The predicted molar refractivity (Wildman–Crippen MR) is 65.7 cm³/mol. The third-order valence-electron chi connectivity index (χ3n) is 2.47. The lowest BCUT2D eigenvalue weighted by molar-refractivity contribution is 0.418. The van der Waals surface area contributed by atoms with Crippen molar-refractivity contribution in [3.05, 3.63) is 34.6 Å². The van der Waals surface area contributed by atoms with Gasteiger partial charge in [-0.2, -0.15) is 0 Å². The van der Waals surface area contributed by atoms with Crippen molar-refractivity contribution >= 4 is 11.6 Å². The Morgan fingerprint density at radius 1 is 1.44 bits per heavy atom. The first-order chi connectivity index (χ1) is 7.52. The van der Waals surface area contributed by atoms with E-state index >= 15 is 0 Å². The average Bonchev–Trinajstić information content (AvgIpc) is 2.20. The molecule has 0 bridgehead atoms. The zero-order valence-electron chi connectivity index (χ0n) is 9.63. The van der Waals surface area contributed by atoms with Gasteiger partial charge >= 0.3 is 0 Å². The highest BCUT2D eigenvalue weighted by Crippen LogP contribution is 2.17. The van der Waals surface area contributed by atoms with Crippen LogP contribution in [0.5, 0.6) is 0 Å². The van der Waals surface area contributed by atoms with Gasteiger partial charge in [0.25, 0.3) is 0 Å². The minimum Gasteiger partial charge on any atom is -0.271 e. The summed E-state index contributed by atoms with van der Waals surface area (Å²) in [5.41, 5.74) is 3.37. The maximum absolute atomic E-state index is 13.5. The fourth-order valence-electron chi connectivity index (χ4n) is 1.73. The first-order valence-electron chi connectivity index (χ1n) is 5.43. The molecule has 1 atom stereocenters. The van der Waals surface area contributed by atoms with Gasteiger partial charge in [-0.1, -0.05) is 31.5 Å². The fourth-order valence-corrected chi connectivity index (χ4v) is 1.89. The van der Waals surface area contributed by atoms with Gasteiger partial charge in [0.1, 0.15) is 5.82 Å². The van der Waals surface area contributed by atoms with Crippen LogP contribution < -0.4 is 11.3 Å². The maximum Gasteiger partial charge on any atom is 0.127 e. The molecule has 3 N–H and O–H groups in total. The highest BCUT2D eigenvalue weighted by atomic mass is 35.5. The first-order valence-corrected chi connectivity index (χ1v) is 5.80. The smallest absolute Gasteiger partial charge is 0.127 e. The van der Waals surface area contributed by atoms with E-state index in [1.807, 2.05) is 0 Å². The van der Waals surface area contributed by atoms with Gasteiger partial charge in [0, 0.05) is 11.1 Å². The maximum atomic E-state index is 13.5. The van der Waals surface area contributed by atoms with Crippen LogP contribution in [0.1, 0.15) is 25.8 Å². The Hall–Kier alpha value is -0.640. The van der Waals surface area contributed by atoms with E-state index in [4.69, 9.17) is 17.4 Å². The summed E-state index contributed by atoms with van der Waals surface area (Å²) in [6, 6.07) is 4.83. The molecule has 0 aliphatic heterocycles. The fraction of sp³-hybridized carbons (Fsp3) is 0.500. The van der Waals surface area contributed by atoms with Gasteiger partial charge in [-0.25, -0.2) is 4.39 Å². The van der Waals surface area contributed by atoms with Crippen molar-refractivity contribution in [1.29, 1.82) is 0 Å². The minimum absolute atomic E-state index is 0.0932. The van der Waals surface area contributed by atoms with Gasteiger partial charge in [-0.15, -0.1) is 0 Å². The second kappa shape index (κ2) is 6.18. The minimum atomic E-state index is -0.267. The van der Waals surface area contributed by atoms with Crippen LogP contribution in [0.3, 0.4) is 0 Å². The highest BCUT2D eigenvalue weighted by Gasteiger charge is 2.12. The topological polar surface area (TPSA) is 38.0 Å². The van der Waals surface area contributed by atoms with Gasteiger partial charge in [-0.3, -0.25) is 11.3 Å². The Labute approximate surface area is 101 Å². The van der Waals surface area contributed by atoms with E-state index in [9.17, 15) is 4.39 Å². The van der Waals surface area contributed by atoms with E-state index in [1.54, 1.807) is 12.1 Å². The molecule has 4 heteroatoms. The standard InChI is InChI=1S/C12H18ClFN2/c1-8(2)5-11(16-15)6-9-3-4-10(13)7-12(9)14/h3-4,7-8,11,16H,5-6,15H2,1-2H3. The lowest BCUT2D eigenvalue weighted by atomic mass is 9.97. The number of hydrogen-bond donors (Lipinski definition) is 2. The zero-order valence-corrected chi connectivity index (χ0v) is 10.4. The molecule has 16 heavy (non-hydrogen) atoms. The van der Waals surface area contributed by atoms with Crippen molar-refractivity contribution < 1.29 is 4.39 Å². The quantitative estimate of drug-likeness (QED) is 0.618. The summed E-state index contributed by atoms with van der Waals surface area (Å²) in [6.45, 7) is 4.23. The number of nitrogens with one attached hydrogen (secondary N) is 1. The number of nitrogens with two attached hydrogens (primary N) is 1.